The lowest BCUT2D eigenvalue weighted by atomic mass is 9.97. The van der Waals surface area contributed by atoms with Crippen molar-refractivity contribution in [1.29, 1.82) is 0 Å². The summed E-state index contributed by atoms with van der Waals surface area (Å²) in [4.78, 5) is 42.5. The Kier molecular flexibility index (Phi) is 5.93. The number of nitrogens with one attached hydrogen (secondary N) is 1. The number of rotatable bonds is 5. The van der Waals surface area contributed by atoms with Crippen molar-refractivity contribution in [2.45, 2.75) is 31.2 Å². The van der Waals surface area contributed by atoms with Crippen LogP contribution in [0.4, 0.5) is 0 Å². The summed E-state index contributed by atoms with van der Waals surface area (Å²) in [6.07, 6.45) is 3.62. The van der Waals surface area contributed by atoms with Crippen molar-refractivity contribution in [3.8, 4) is 0 Å². The van der Waals surface area contributed by atoms with Gasteiger partial charge >= 0.3 is 0 Å². The van der Waals surface area contributed by atoms with Crippen LogP contribution in [-0.4, -0.2) is 59.0 Å². The van der Waals surface area contributed by atoms with Crippen molar-refractivity contribution < 1.29 is 28.0 Å². The maximum absolute atomic E-state index is 13.4. The molecule has 3 aromatic rings. The predicted octanol–water partition coefficient (Wildman–Crippen LogP) is 2.66. The third-order valence-corrected chi connectivity index (χ3v) is 6.39. The van der Waals surface area contributed by atoms with Gasteiger partial charge in [-0.1, -0.05) is 30.3 Å². The van der Waals surface area contributed by atoms with Crippen LogP contribution >= 0.6 is 0 Å². The van der Waals surface area contributed by atoms with Crippen molar-refractivity contribution >= 4 is 17.7 Å². The van der Waals surface area contributed by atoms with E-state index in [1.807, 2.05) is 30.3 Å². The zero-order chi connectivity index (χ0) is 23.5. The van der Waals surface area contributed by atoms with Gasteiger partial charge < -0.3 is 23.8 Å². The summed E-state index contributed by atoms with van der Waals surface area (Å²) in [5, 5.41) is 2.92. The number of nitrogens with zero attached hydrogens (tertiary/aromatic N) is 2. The Bertz CT molecular complexity index is 1130. The molecule has 0 bridgehead atoms. The molecule has 2 aliphatic rings. The molecule has 34 heavy (non-hydrogen) atoms. The van der Waals surface area contributed by atoms with Gasteiger partial charge in [-0.25, -0.2) is 0 Å². The number of likely N-dealkylation sites (tertiary alicyclic amines) is 1. The topological polar surface area (TPSA) is 105 Å². The summed E-state index contributed by atoms with van der Waals surface area (Å²) in [6, 6.07) is 15.2. The number of hydrogen-bond donors (Lipinski definition) is 1. The molecular weight excluding hydrogens is 438 g/mol. The van der Waals surface area contributed by atoms with Gasteiger partial charge in [-0.05, 0) is 29.8 Å². The lowest BCUT2D eigenvalue weighted by Gasteiger charge is -2.44. The molecular formula is C25H25N3O6. The Labute approximate surface area is 196 Å². The Hall–Kier alpha value is -3.85. The number of piperidine rings is 1. The fourth-order valence-corrected chi connectivity index (χ4v) is 4.60. The summed E-state index contributed by atoms with van der Waals surface area (Å²) in [5.41, 5.74) is -0.0448. The lowest BCUT2D eigenvalue weighted by Crippen LogP contribution is -2.59. The quantitative estimate of drug-likeness (QED) is 0.624. The highest BCUT2D eigenvalue weighted by atomic mass is 16.5. The Balaban J connectivity index is 1.34. The van der Waals surface area contributed by atoms with Crippen molar-refractivity contribution in [1.82, 2.24) is 15.1 Å². The first-order chi connectivity index (χ1) is 16.6. The largest absolute Gasteiger partial charge is 0.459 e. The van der Waals surface area contributed by atoms with E-state index < -0.39 is 17.7 Å². The van der Waals surface area contributed by atoms with Crippen molar-refractivity contribution in [3.63, 3.8) is 0 Å². The minimum absolute atomic E-state index is 0.0687. The van der Waals surface area contributed by atoms with Crippen LogP contribution in [0, 0.1) is 0 Å². The molecule has 1 spiro atoms. The molecule has 2 aliphatic heterocycles. The van der Waals surface area contributed by atoms with Crippen LogP contribution in [0.1, 0.15) is 39.5 Å². The number of furan rings is 2. The van der Waals surface area contributed by atoms with Gasteiger partial charge in [0.2, 0.25) is 5.91 Å². The standard InChI is InChI=1S/C25H25N3O6/c29-22(26-16-18-6-2-1-3-7-18)19-17-34-25(28(19)24(31)21-9-5-15-33-21)10-12-27(13-11-25)23(30)20-8-4-14-32-20/h1-9,14-15,19H,10-13,16-17H2,(H,26,29)/t19-/m0/s1. The fraction of sp³-hybridized carbons (Fsp3) is 0.320. The van der Waals surface area contributed by atoms with Crippen molar-refractivity contribution in [3.05, 3.63) is 84.2 Å². The smallest absolute Gasteiger partial charge is 0.292 e. The number of carbonyl (C=O) groups excluding carboxylic acids is 3. The molecule has 1 N–H and O–H groups in total. The Morgan fingerprint density at radius 1 is 0.882 bits per heavy atom. The molecule has 9 nitrogen and oxygen atoms in total. The summed E-state index contributed by atoms with van der Waals surface area (Å²) in [6.45, 7) is 1.14. The first-order valence-corrected chi connectivity index (χ1v) is 11.2. The van der Waals surface area contributed by atoms with Crippen LogP contribution in [0.3, 0.4) is 0 Å². The van der Waals surface area contributed by atoms with Gasteiger partial charge in [-0.3, -0.25) is 19.3 Å². The van der Waals surface area contributed by atoms with Gasteiger partial charge in [0.05, 0.1) is 19.1 Å². The van der Waals surface area contributed by atoms with Gasteiger partial charge in [0.1, 0.15) is 11.8 Å². The number of ether oxygens (including phenoxy) is 1. The highest BCUT2D eigenvalue weighted by Gasteiger charge is 2.54. The van der Waals surface area contributed by atoms with Crippen LogP contribution in [0.25, 0.3) is 0 Å². The van der Waals surface area contributed by atoms with Gasteiger partial charge in [-0.15, -0.1) is 0 Å². The van der Waals surface area contributed by atoms with Gasteiger partial charge in [0.25, 0.3) is 11.8 Å². The van der Waals surface area contributed by atoms with E-state index in [2.05, 4.69) is 5.32 Å². The van der Waals surface area contributed by atoms with E-state index >= 15 is 0 Å². The summed E-state index contributed by atoms with van der Waals surface area (Å²) in [5.74, 6) is -0.508. The van der Waals surface area contributed by atoms with Gasteiger partial charge in [0.15, 0.2) is 11.5 Å². The third-order valence-electron chi connectivity index (χ3n) is 6.39. The van der Waals surface area contributed by atoms with Crippen molar-refractivity contribution in [2.75, 3.05) is 19.7 Å². The maximum Gasteiger partial charge on any atom is 0.292 e. The monoisotopic (exact) mass is 463 g/mol. The second kappa shape index (κ2) is 9.18. The van der Waals surface area contributed by atoms with E-state index in [9.17, 15) is 14.4 Å². The highest BCUT2D eigenvalue weighted by molar-refractivity contribution is 5.96. The number of hydrogen-bond acceptors (Lipinski definition) is 6. The molecule has 0 aliphatic carbocycles. The fourth-order valence-electron chi connectivity index (χ4n) is 4.60. The second-order valence-electron chi connectivity index (χ2n) is 8.40. The van der Waals surface area contributed by atoms with Crippen molar-refractivity contribution in [2.24, 2.45) is 0 Å². The van der Waals surface area contributed by atoms with Crippen LogP contribution in [0.2, 0.25) is 0 Å². The van der Waals surface area contributed by atoms with E-state index in [1.54, 1.807) is 29.2 Å². The molecule has 9 heteroatoms. The normalized spacial score (nSPS) is 19.4. The molecule has 2 aromatic heterocycles. The average Bonchev–Trinajstić information content (AvgIpc) is 3.65. The van der Waals surface area contributed by atoms with Gasteiger partial charge in [0, 0.05) is 32.5 Å². The molecule has 176 valence electrons. The van der Waals surface area contributed by atoms with Gasteiger partial charge in [-0.2, -0.15) is 0 Å². The Morgan fingerprint density at radius 3 is 2.15 bits per heavy atom. The zero-order valence-corrected chi connectivity index (χ0v) is 18.5. The number of amides is 3. The SMILES string of the molecule is O=C(NCc1ccccc1)[C@@H]1COC2(CCN(C(=O)c3ccco3)CC2)N1C(=O)c1ccco1. The molecule has 1 atom stereocenters. The molecule has 2 fully saturated rings. The van der Waals surface area contributed by atoms with Crippen LogP contribution < -0.4 is 5.32 Å². The summed E-state index contributed by atoms with van der Waals surface area (Å²) < 4.78 is 16.7. The minimum atomic E-state index is -1.00. The first-order valence-electron chi connectivity index (χ1n) is 11.2. The van der Waals surface area contributed by atoms with E-state index in [0.717, 1.165) is 5.56 Å². The first kappa shape index (κ1) is 22.0. The lowest BCUT2D eigenvalue weighted by molar-refractivity contribution is -0.128. The van der Waals surface area contributed by atoms with Crippen LogP contribution in [0.15, 0.2) is 76.0 Å². The maximum atomic E-state index is 13.4. The molecule has 0 saturated carbocycles. The highest BCUT2D eigenvalue weighted by Crippen LogP contribution is 2.39. The number of carbonyl (C=O) groups is 3. The molecule has 0 radical (unpaired) electrons. The average molecular weight is 463 g/mol. The van der Waals surface area contributed by atoms with E-state index in [-0.39, 0.29) is 29.9 Å². The number of benzene rings is 1. The summed E-state index contributed by atoms with van der Waals surface area (Å²) in [7, 11) is 0. The van der Waals surface area contributed by atoms with E-state index in [0.29, 0.717) is 32.5 Å². The van der Waals surface area contributed by atoms with E-state index in [1.165, 1.54) is 17.4 Å². The molecule has 4 heterocycles. The third kappa shape index (κ3) is 4.10. The molecule has 2 saturated heterocycles. The summed E-state index contributed by atoms with van der Waals surface area (Å²) >= 11 is 0. The minimum Gasteiger partial charge on any atom is -0.459 e. The molecule has 1 aromatic carbocycles. The van der Waals surface area contributed by atoms with Crippen LogP contribution in [-0.2, 0) is 16.1 Å². The zero-order valence-electron chi connectivity index (χ0n) is 18.5. The predicted molar refractivity (Wildman–Crippen MR) is 119 cm³/mol. The molecule has 5 rings (SSSR count). The Morgan fingerprint density at radius 2 is 1.53 bits per heavy atom. The van der Waals surface area contributed by atoms with E-state index in [4.69, 9.17) is 13.6 Å². The second-order valence-corrected chi connectivity index (χ2v) is 8.40. The molecule has 3 amide bonds. The molecule has 0 unspecified atom stereocenters. The van der Waals surface area contributed by atoms with Crippen LogP contribution in [0.5, 0.6) is 0 Å².